The molecule has 4 rings (SSSR count). The molecule has 0 fully saturated rings. The summed E-state index contributed by atoms with van der Waals surface area (Å²) in [6.45, 7) is 14.7. The summed E-state index contributed by atoms with van der Waals surface area (Å²) in [6, 6.07) is 14.4. The van der Waals surface area contributed by atoms with Crippen LogP contribution in [-0.4, -0.2) is 5.49 Å². The summed E-state index contributed by atoms with van der Waals surface area (Å²) in [5, 5.41) is 0. The van der Waals surface area contributed by atoms with Gasteiger partial charge in [-0.25, -0.2) is 0 Å². The molecule has 0 amide bonds. The van der Waals surface area contributed by atoms with Gasteiger partial charge in [0.05, 0.1) is 0 Å². The molecule has 0 saturated carbocycles. The van der Waals surface area contributed by atoms with Crippen molar-refractivity contribution in [1.82, 2.24) is 0 Å². The van der Waals surface area contributed by atoms with Crippen molar-refractivity contribution in [3.8, 4) is 0 Å². The zero-order valence-corrected chi connectivity index (χ0v) is 24.2. The first-order valence-electron chi connectivity index (χ1n) is 11.9. The molecule has 2 unspecified atom stereocenters. The second kappa shape index (κ2) is 9.24. The standard InChI is InChI=1S/2C13H15.C2H6Si.Hf/c2*1-3-10-8-12-7-5-6-11(4-2)13(12)9-10;1-3-2;/h2*5-9H,3-4H2,1-2H3;1-2H3;. The summed E-state index contributed by atoms with van der Waals surface area (Å²) >= 11 is -2.12. The van der Waals surface area contributed by atoms with Crippen LogP contribution in [-0.2, 0) is 32.9 Å². The van der Waals surface area contributed by atoms with Gasteiger partial charge >= 0.3 is 192 Å². The van der Waals surface area contributed by atoms with Crippen LogP contribution in [0.4, 0.5) is 0 Å². The molecule has 156 valence electrons. The van der Waals surface area contributed by atoms with Crippen LogP contribution >= 0.6 is 0 Å². The fourth-order valence-corrected chi connectivity index (χ4v) is 35.3. The molecule has 0 bridgehead atoms. The maximum absolute atomic E-state index is 2.65. The van der Waals surface area contributed by atoms with Crippen LogP contribution in [0.25, 0.3) is 12.2 Å². The molecule has 2 atom stereocenters. The van der Waals surface area contributed by atoms with Crippen LogP contribution < -0.4 is 0 Å². The third-order valence-electron chi connectivity index (χ3n) is 7.26. The Kier molecular flexibility index (Phi) is 6.84. The van der Waals surface area contributed by atoms with Crippen molar-refractivity contribution in [2.45, 2.75) is 73.8 Å². The van der Waals surface area contributed by atoms with E-state index in [0.29, 0.717) is 0 Å². The predicted molar refractivity (Wildman–Crippen MR) is 131 cm³/mol. The first kappa shape index (κ1) is 22.2. The van der Waals surface area contributed by atoms with Gasteiger partial charge in [0.1, 0.15) is 0 Å². The molecule has 2 aliphatic carbocycles. The van der Waals surface area contributed by atoms with E-state index in [-0.39, 0.29) is 5.49 Å². The number of benzene rings is 2. The molecule has 0 aromatic heterocycles. The van der Waals surface area contributed by atoms with E-state index in [4.69, 9.17) is 0 Å². The van der Waals surface area contributed by atoms with Crippen molar-refractivity contribution in [3.05, 3.63) is 80.9 Å². The molecule has 2 aromatic carbocycles. The SMILES string of the molecule is CCC1=Cc2c(CC)cccc2[CH]1[Hf]([CH]1C(CC)=Cc2c(CC)cccc21)=[Si](C)C. The first-order chi connectivity index (χ1) is 14.5. The number of hydrogen-bond acceptors (Lipinski definition) is 0. The third-order valence-corrected chi connectivity index (χ3v) is 35.0. The molecule has 30 heavy (non-hydrogen) atoms. The van der Waals surface area contributed by atoms with Crippen molar-refractivity contribution < 1.29 is 20.1 Å². The zero-order valence-electron chi connectivity index (χ0n) is 19.6. The molecule has 0 radical (unpaired) electrons. The Morgan fingerprint density at radius 1 is 0.667 bits per heavy atom. The number of aryl methyl sites for hydroxylation is 2. The number of hydrogen-bond donors (Lipinski definition) is 0. The van der Waals surface area contributed by atoms with Crippen LogP contribution in [0.1, 0.15) is 81.3 Å². The molecule has 0 aliphatic heterocycles. The molecule has 2 heteroatoms. The Hall–Kier alpha value is -0.993. The van der Waals surface area contributed by atoms with Crippen molar-refractivity contribution in [1.29, 1.82) is 0 Å². The molecule has 0 heterocycles. The van der Waals surface area contributed by atoms with E-state index in [9.17, 15) is 0 Å². The Morgan fingerprint density at radius 2 is 1.10 bits per heavy atom. The van der Waals surface area contributed by atoms with Gasteiger partial charge < -0.3 is 0 Å². The van der Waals surface area contributed by atoms with Gasteiger partial charge in [-0.3, -0.25) is 0 Å². The second-order valence-electron chi connectivity index (χ2n) is 9.01. The summed E-state index contributed by atoms with van der Waals surface area (Å²) in [5.41, 5.74) is 12.9. The summed E-state index contributed by atoms with van der Waals surface area (Å²) in [5.74, 6) is 0. The van der Waals surface area contributed by atoms with Crippen LogP contribution in [0.15, 0.2) is 47.5 Å². The topological polar surface area (TPSA) is 0 Å². The average molecular weight is 579 g/mol. The predicted octanol–water partition coefficient (Wildman–Crippen LogP) is 8.08. The van der Waals surface area contributed by atoms with E-state index in [1.807, 2.05) is 0 Å². The fraction of sp³-hybridized carbons (Fsp3) is 0.429. The number of fused-ring (bicyclic) bond motifs is 2. The maximum atomic E-state index is 2.65. The minimum atomic E-state index is -2.12. The summed E-state index contributed by atoms with van der Waals surface area (Å²) in [6.07, 6.45) is 9.94. The Balaban J connectivity index is 1.92. The van der Waals surface area contributed by atoms with Gasteiger partial charge in [0.2, 0.25) is 0 Å². The monoisotopic (exact) mass is 580 g/mol. The van der Waals surface area contributed by atoms with E-state index in [1.165, 1.54) is 12.8 Å². The second-order valence-corrected chi connectivity index (χ2v) is 33.9. The quantitative estimate of drug-likeness (QED) is 0.304. The number of allylic oxidation sites excluding steroid dienone is 2. The number of rotatable bonds is 6. The van der Waals surface area contributed by atoms with Crippen LogP contribution in [0, 0.1) is 0 Å². The molecule has 0 nitrogen and oxygen atoms in total. The third kappa shape index (κ3) is 3.62. The van der Waals surface area contributed by atoms with Gasteiger partial charge in [0.15, 0.2) is 0 Å². The Labute approximate surface area is 191 Å². The van der Waals surface area contributed by atoms with E-state index in [1.54, 1.807) is 44.5 Å². The van der Waals surface area contributed by atoms with Crippen LogP contribution in [0.2, 0.25) is 13.1 Å². The van der Waals surface area contributed by atoms with Crippen LogP contribution in [0.5, 0.6) is 0 Å². The molecular formula is C28H36HfSi. The van der Waals surface area contributed by atoms with Crippen molar-refractivity contribution in [2.75, 3.05) is 0 Å². The molecular weight excluding hydrogens is 543 g/mol. The fourth-order valence-electron chi connectivity index (χ4n) is 5.77. The summed E-state index contributed by atoms with van der Waals surface area (Å²) < 4.78 is 1.59. The van der Waals surface area contributed by atoms with Gasteiger partial charge in [0, 0.05) is 0 Å². The van der Waals surface area contributed by atoms with Gasteiger partial charge in [-0.2, -0.15) is 0 Å². The van der Waals surface area contributed by atoms with Crippen LogP contribution in [0.3, 0.4) is 0 Å². The van der Waals surface area contributed by atoms with Gasteiger partial charge in [0.25, 0.3) is 0 Å². The molecule has 2 aromatic rings. The van der Waals surface area contributed by atoms with Gasteiger partial charge in [-0.1, -0.05) is 0 Å². The zero-order chi connectivity index (χ0) is 21.4. The minimum absolute atomic E-state index is 0.314. The summed E-state index contributed by atoms with van der Waals surface area (Å²) in [7, 11) is 0. The van der Waals surface area contributed by atoms with Crippen molar-refractivity contribution >= 4 is 17.6 Å². The summed E-state index contributed by atoms with van der Waals surface area (Å²) in [4.78, 5) is 0. The van der Waals surface area contributed by atoms with E-state index < -0.39 is 20.1 Å². The molecule has 2 aliphatic rings. The molecule has 0 spiro atoms. The first-order valence-corrected chi connectivity index (χ1v) is 23.9. The normalized spacial score (nSPS) is 19.3. The molecule has 0 N–H and O–H groups in total. The Morgan fingerprint density at radius 3 is 1.43 bits per heavy atom. The van der Waals surface area contributed by atoms with Crippen molar-refractivity contribution in [2.24, 2.45) is 0 Å². The molecule has 0 saturated heterocycles. The Bertz CT molecular complexity index is 987. The van der Waals surface area contributed by atoms with E-state index in [2.05, 4.69) is 89.3 Å². The van der Waals surface area contributed by atoms with E-state index >= 15 is 0 Å². The van der Waals surface area contributed by atoms with Crippen molar-refractivity contribution in [3.63, 3.8) is 0 Å². The van der Waals surface area contributed by atoms with Gasteiger partial charge in [-0.15, -0.1) is 0 Å². The van der Waals surface area contributed by atoms with E-state index in [0.717, 1.165) is 20.2 Å². The average Bonchev–Trinajstić information content (AvgIpc) is 3.32. The van der Waals surface area contributed by atoms with Gasteiger partial charge in [-0.05, 0) is 0 Å².